The molecule has 0 saturated carbocycles. The zero-order valence-corrected chi connectivity index (χ0v) is 12.7. The van der Waals surface area contributed by atoms with Crippen molar-refractivity contribution in [2.24, 2.45) is 0 Å². The van der Waals surface area contributed by atoms with Crippen LogP contribution in [0.4, 0.5) is 0 Å². The first-order valence-electron chi connectivity index (χ1n) is 7.52. The Hall–Kier alpha value is -2.53. The quantitative estimate of drug-likeness (QED) is 0.855. The highest BCUT2D eigenvalue weighted by molar-refractivity contribution is 5.75. The van der Waals surface area contributed by atoms with Gasteiger partial charge in [0.05, 0.1) is 0 Å². The van der Waals surface area contributed by atoms with Crippen molar-refractivity contribution >= 4 is 17.3 Å². The van der Waals surface area contributed by atoms with Crippen LogP contribution in [0.3, 0.4) is 0 Å². The lowest BCUT2D eigenvalue weighted by molar-refractivity contribution is -0.150. The molecule has 0 bridgehead atoms. The van der Waals surface area contributed by atoms with Crippen LogP contribution in [0.25, 0.3) is 11.3 Å². The SMILES string of the molecule is CCOC(CC1=c2ccccc2=C2C=C(O)C=CC2O1)C(=O)O. The minimum Gasteiger partial charge on any atom is -0.508 e. The van der Waals surface area contributed by atoms with Gasteiger partial charge in [-0.05, 0) is 30.4 Å². The van der Waals surface area contributed by atoms with Crippen LogP contribution in [-0.2, 0) is 14.3 Å². The molecule has 1 heterocycles. The molecule has 1 aromatic carbocycles. The summed E-state index contributed by atoms with van der Waals surface area (Å²) in [5.41, 5.74) is 0.868. The van der Waals surface area contributed by atoms with Crippen LogP contribution in [0.5, 0.6) is 0 Å². The summed E-state index contributed by atoms with van der Waals surface area (Å²) in [6.45, 7) is 2.09. The predicted molar refractivity (Wildman–Crippen MR) is 84.9 cm³/mol. The van der Waals surface area contributed by atoms with E-state index in [1.54, 1.807) is 25.2 Å². The van der Waals surface area contributed by atoms with Crippen molar-refractivity contribution in [2.75, 3.05) is 6.61 Å². The normalized spacial score (nSPS) is 20.2. The van der Waals surface area contributed by atoms with Gasteiger partial charge in [-0.2, -0.15) is 0 Å². The Labute approximate surface area is 133 Å². The second-order valence-corrected chi connectivity index (χ2v) is 5.38. The molecule has 0 fully saturated rings. The van der Waals surface area contributed by atoms with Crippen molar-refractivity contribution in [1.82, 2.24) is 0 Å². The molecular formula is C18H18O5. The molecule has 23 heavy (non-hydrogen) atoms. The number of hydrogen-bond acceptors (Lipinski definition) is 4. The number of aliphatic hydroxyl groups is 1. The molecule has 2 N–H and O–H groups in total. The fraction of sp³-hybridized carbons (Fsp3) is 0.278. The third-order valence-electron chi connectivity index (χ3n) is 3.87. The monoisotopic (exact) mass is 314 g/mol. The summed E-state index contributed by atoms with van der Waals surface area (Å²) in [5.74, 6) is -0.239. The van der Waals surface area contributed by atoms with Crippen molar-refractivity contribution in [3.8, 4) is 0 Å². The number of benzene rings is 1. The predicted octanol–water partition coefficient (Wildman–Crippen LogP) is 1.24. The van der Waals surface area contributed by atoms with Gasteiger partial charge in [0.15, 0.2) is 6.10 Å². The highest BCUT2D eigenvalue weighted by atomic mass is 16.5. The van der Waals surface area contributed by atoms with Crippen molar-refractivity contribution in [1.29, 1.82) is 0 Å². The number of aliphatic hydroxyl groups excluding tert-OH is 1. The molecule has 5 nitrogen and oxygen atoms in total. The fourth-order valence-corrected chi connectivity index (χ4v) is 2.85. The summed E-state index contributed by atoms with van der Waals surface area (Å²) >= 11 is 0. The summed E-state index contributed by atoms with van der Waals surface area (Å²) < 4.78 is 11.3. The number of fused-ring (bicyclic) bond motifs is 2. The summed E-state index contributed by atoms with van der Waals surface area (Å²) in [5, 5.41) is 20.8. The molecule has 5 heteroatoms. The first-order chi connectivity index (χ1) is 11.1. The highest BCUT2D eigenvalue weighted by Gasteiger charge is 2.27. The van der Waals surface area contributed by atoms with E-state index in [1.807, 2.05) is 24.3 Å². The van der Waals surface area contributed by atoms with Gasteiger partial charge in [0, 0.05) is 23.8 Å². The Balaban J connectivity index is 2.12. The zero-order chi connectivity index (χ0) is 16.4. The van der Waals surface area contributed by atoms with E-state index in [0.717, 1.165) is 16.0 Å². The molecule has 2 unspecified atom stereocenters. The summed E-state index contributed by atoms with van der Waals surface area (Å²) in [6, 6.07) is 7.62. The van der Waals surface area contributed by atoms with Gasteiger partial charge in [-0.3, -0.25) is 0 Å². The molecule has 1 aliphatic heterocycles. The van der Waals surface area contributed by atoms with E-state index in [-0.39, 0.29) is 18.3 Å². The Bertz CT molecular complexity index is 803. The second kappa shape index (κ2) is 6.30. The van der Waals surface area contributed by atoms with E-state index < -0.39 is 12.1 Å². The van der Waals surface area contributed by atoms with Gasteiger partial charge >= 0.3 is 5.97 Å². The zero-order valence-electron chi connectivity index (χ0n) is 12.7. The van der Waals surface area contributed by atoms with Crippen LogP contribution in [0.2, 0.25) is 0 Å². The third kappa shape index (κ3) is 3.00. The van der Waals surface area contributed by atoms with Crippen LogP contribution < -0.4 is 10.4 Å². The Morgan fingerprint density at radius 1 is 1.35 bits per heavy atom. The highest BCUT2D eigenvalue weighted by Crippen LogP contribution is 2.25. The van der Waals surface area contributed by atoms with E-state index in [4.69, 9.17) is 9.47 Å². The number of carboxylic acids is 1. The molecule has 3 rings (SSSR count). The average Bonchev–Trinajstić information content (AvgIpc) is 2.55. The van der Waals surface area contributed by atoms with Gasteiger partial charge < -0.3 is 19.7 Å². The van der Waals surface area contributed by atoms with Crippen molar-refractivity contribution in [2.45, 2.75) is 25.6 Å². The summed E-state index contributed by atoms with van der Waals surface area (Å²) in [6.07, 6.45) is 3.91. The second-order valence-electron chi connectivity index (χ2n) is 5.38. The fourth-order valence-electron chi connectivity index (χ4n) is 2.85. The van der Waals surface area contributed by atoms with Crippen LogP contribution in [0.15, 0.2) is 48.3 Å². The number of carboxylic acid groups (broad SMARTS) is 1. The van der Waals surface area contributed by atoms with Gasteiger partial charge in [-0.25, -0.2) is 4.79 Å². The molecule has 0 saturated heterocycles. The summed E-state index contributed by atoms with van der Waals surface area (Å²) in [7, 11) is 0. The average molecular weight is 314 g/mol. The van der Waals surface area contributed by atoms with Crippen LogP contribution in [-0.4, -0.2) is 35.0 Å². The first kappa shape index (κ1) is 15.4. The standard InChI is InChI=1S/C18H18O5/c1-2-22-17(18(20)21)10-16-13-6-4-3-5-12(13)14-9-11(19)7-8-15(14)23-16/h3-9,15,17,19H,2,10H2,1H3,(H,20,21). The third-order valence-corrected chi connectivity index (χ3v) is 3.87. The maximum atomic E-state index is 11.3. The number of carbonyl (C=O) groups is 1. The number of rotatable bonds is 5. The van der Waals surface area contributed by atoms with Gasteiger partial charge in [0.25, 0.3) is 0 Å². The van der Waals surface area contributed by atoms with E-state index in [2.05, 4.69) is 0 Å². The Morgan fingerprint density at radius 3 is 2.78 bits per heavy atom. The molecule has 2 aliphatic rings. The van der Waals surface area contributed by atoms with Crippen molar-refractivity contribution < 1.29 is 24.5 Å². The van der Waals surface area contributed by atoms with Gasteiger partial charge in [0.1, 0.15) is 17.6 Å². The van der Waals surface area contributed by atoms with Gasteiger partial charge in [-0.15, -0.1) is 0 Å². The molecule has 2 atom stereocenters. The number of hydrogen-bond donors (Lipinski definition) is 2. The van der Waals surface area contributed by atoms with E-state index in [0.29, 0.717) is 12.4 Å². The summed E-state index contributed by atoms with van der Waals surface area (Å²) in [4.78, 5) is 11.3. The minimum absolute atomic E-state index is 0.160. The van der Waals surface area contributed by atoms with E-state index in [1.165, 1.54) is 0 Å². The lowest BCUT2D eigenvalue weighted by Crippen LogP contribution is -2.40. The molecular weight excluding hydrogens is 296 g/mol. The van der Waals surface area contributed by atoms with Crippen LogP contribution in [0, 0.1) is 0 Å². The van der Waals surface area contributed by atoms with Crippen molar-refractivity contribution in [3.63, 3.8) is 0 Å². The van der Waals surface area contributed by atoms with Crippen molar-refractivity contribution in [3.05, 3.63) is 58.7 Å². The molecule has 0 radical (unpaired) electrons. The number of allylic oxidation sites excluding steroid dienone is 1. The smallest absolute Gasteiger partial charge is 0.333 e. The maximum absolute atomic E-state index is 11.3. The Kier molecular flexibility index (Phi) is 4.21. The lowest BCUT2D eigenvalue weighted by Gasteiger charge is -2.27. The maximum Gasteiger partial charge on any atom is 0.333 e. The molecule has 0 spiro atoms. The van der Waals surface area contributed by atoms with Gasteiger partial charge in [0.2, 0.25) is 0 Å². The van der Waals surface area contributed by atoms with E-state index >= 15 is 0 Å². The topological polar surface area (TPSA) is 76.0 Å². The minimum atomic E-state index is -1.01. The van der Waals surface area contributed by atoms with Crippen LogP contribution in [0.1, 0.15) is 13.3 Å². The molecule has 1 aliphatic carbocycles. The number of aliphatic carboxylic acids is 1. The molecule has 1 aromatic rings. The largest absolute Gasteiger partial charge is 0.508 e. The number of ether oxygens (including phenoxy) is 2. The van der Waals surface area contributed by atoms with E-state index in [9.17, 15) is 15.0 Å². The molecule has 0 amide bonds. The first-order valence-corrected chi connectivity index (χ1v) is 7.52. The lowest BCUT2D eigenvalue weighted by atomic mass is 9.96. The van der Waals surface area contributed by atoms with Gasteiger partial charge in [-0.1, -0.05) is 24.3 Å². The molecule has 120 valence electrons. The molecule has 0 aromatic heterocycles. The van der Waals surface area contributed by atoms with Crippen LogP contribution >= 0.6 is 0 Å². The Morgan fingerprint density at radius 2 is 2.09 bits per heavy atom.